The third kappa shape index (κ3) is 1.64. The molecule has 2 N–H and O–H groups in total. The molecule has 0 aliphatic carbocycles. The molecule has 5 heteroatoms. The fraction of sp³-hybridized carbons (Fsp3) is 0. The lowest BCUT2D eigenvalue weighted by molar-refractivity contribution is -0.378. The summed E-state index contributed by atoms with van der Waals surface area (Å²) < 4.78 is 2.46. The van der Waals surface area contributed by atoms with Crippen LogP contribution in [0.4, 0.5) is 0 Å². The van der Waals surface area contributed by atoms with Crippen molar-refractivity contribution >= 4 is 33.4 Å². The molecule has 0 unspecified atom stereocenters. The van der Waals surface area contributed by atoms with Crippen molar-refractivity contribution in [3.63, 3.8) is 0 Å². The summed E-state index contributed by atoms with van der Waals surface area (Å²) in [5.74, 6) is 0. The lowest BCUT2D eigenvalue weighted by Crippen LogP contribution is -2.22. The predicted molar refractivity (Wildman–Crippen MR) is 77.4 cm³/mol. The Bertz CT molecular complexity index is 1020. The van der Waals surface area contributed by atoms with E-state index < -0.39 is 0 Å². The zero-order valence-corrected chi connectivity index (χ0v) is 11.3. The summed E-state index contributed by atoms with van der Waals surface area (Å²) in [5.41, 5.74) is 2.91. The van der Waals surface area contributed by atoms with Crippen molar-refractivity contribution in [3.05, 3.63) is 69.2 Å². The van der Waals surface area contributed by atoms with Crippen LogP contribution in [0.1, 0.15) is 5.56 Å². The van der Waals surface area contributed by atoms with Crippen LogP contribution >= 0.6 is 11.3 Å². The molecule has 0 aliphatic rings. The maximum atomic E-state index is 12.5. The molecule has 4 nitrogen and oxygen atoms in total. The molecule has 0 fully saturated rings. The van der Waals surface area contributed by atoms with Crippen LogP contribution in [0.15, 0.2) is 53.6 Å². The topological polar surface area (TPSA) is 49.8 Å². The van der Waals surface area contributed by atoms with Crippen LogP contribution in [0.3, 0.4) is 0 Å². The van der Waals surface area contributed by atoms with E-state index in [2.05, 4.69) is 9.97 Å². The van der Waals surface area contributed by atoms with E-state index >= 15 is 0 Å². The summed E-state index contributed by atoms with van der Waals surface area (Å²) in [6.45, 7) is 0. The van der Waals surface area contributed by atoms with Crippen molar-refractivity contribution in [2.75, 3.05) is 0 Å². The Morgan fingerprint density at radius 3 is 2.90 bits per heavy atom. The van der Waals surface area contributed by atoms with Crippen LogP contribution < -0.4 is 20.1 Å². The standard InChI is InChI=1S/C15H9N3OS/c19-14-13(8-10-4-3-7-16-9-10)20-15-17-11-5-1-2-6-12(11)18(14)15/h1-9H/p+2. The van der Waals surface area contributed by atoms with Crippen LogP contribution in [0, 0.1) is 0 Å². The minimum atomic E-state index is 0.0197. The van der Waals surface area contributed by atoms with Gasteiger partial charge in [-0.15, -0.1) is 4.40 Å². The number of fused-ring (bicyclic) bond motifs is 3. The van der Waals surface area contributed by atoms with E-state index in [-0.39, 0.29) is 5.56 Å². The Morgan fingerprint density at radius 1 is 1.15 bits per heavy atom. The number of H-pyrrole nitrogens is 2. The van der Waals surface area contributed by atoms with Crippen molar-refractivity contribution in [1.29, 1.82) is 0 Å². The van der Waals surface area contributed by atoms with Crippen LogP contribution in [-0.4, -0.2) is 4.40 Å². The van der Waals surface area contributed by atoms with Crippen molar-refractivity contribution in [2.45, 2.75) is 0 Å². The fourth-order valence-electron chi connectivity index (χ4n) is 2.33. The largest absolute Gasteiger partial charge is 0.357 e. The average Bonchev–Trinajstić information content (AvgIpc) is 2.98. The lowest BCUT2D eigenvalue weighted by Gasteiger charge is -1.82. The van der Waals surface area contributed by atoms with Crippen LogP contribution in [0.2, 0.25) is 0 Å². The highest BCUT2D eigenvalue weighted by atomic mass is 32.1. The molecule has 0 atom stereocenters. The van der Waals surface area contributed by atoms with Gasteiger partial charge in [0.15, 0.2) is 23.4 Å². The van der Waals surface area contributed by atoms with Crippen molar-refractivity contribution in [2.24, 2.45) is 0 Å². The lowest BCUT2D eigenvalue weighted by atomic mass is 10.3. The van der Waals surface area contributed by atoms with Crippen LogP contribution in [0.5, 0.6) is 0 Å². The molecule has 0 saturated carbocycles. The smallest absolute Gasteiger partial charge is 0.239 e. The van der Waals surface area contributed by atoms with Crippen molar-refractivity contribution < 1.29 is 9.97 Å². The summed E-state index contributed by atoms with van der Waals surface area (Å²) in [4.78, 5) is 19.7. The quantitative estimate of drug-likeness (QED) is 0.506. The molecule has 0 aliphatic heterocycles. The maximum absolute atomic E-state index is 12.5. The Kier molecular flexibility index (Phi) is 2.40. The first-order chi connectivity index (χ1) is 9.83. The van der Waals surface area contributed by atoms with E-state index in [1.165, 1.54) is 11.3 Å². The molecule has 0 saturated heterocycles. The normalized spacial score (nSPS) is 12.5. The molecule has 4 aromatic rings. The first kappa shape index (κ1) is 11.3. The van der Waals surface area contributed by atoms with E-state index in [9.17, 15) is 4.79 Å². The highest BCUT2D eigenvalue weighted by Gasteiger charge is 2.17. The summed E-state index contributed by atoms with van der Waals surface area (Å²) in [7, 11) is 0. The maximum Gasteiger partial charge on any atom is 0.357 e. The molecule has 0 radical (unpaired) electrons. The number of nitrogens with one attached hydrogen (secondary N) is 2. The monoisotopic (exact) mass is 281 g/mol. The number of para-hydroxylation sites is 2. The fourth-order valence-corrected chi connectivity index (χ4v) is 3.34. The molecule has 0 bridgehead atoms. The van der Waals surface area contributed by atoms with Gasteiger partial charge in [0.25, 0.3) is 0 Å². The number of aromatic amines is 2. The molecule has 3 heterocycles. The molecule has 1 aromatic carbocycles. The highest BCUT2D eigenvalue weighted by molar-refractivity contribution is 7.14. The van der Waals surface area contributed by atoms with E-state index in [1.807, 2.05) is 54.9 Å². The van der Waals surface area contributed by atoms with E-state index in [4.69, 9.17) is 0 Å². The van der Waals surface area contributed by atoms with Gasteiger partial charge < -0.3 is 0 Å². The summed E-state index contributed by atoms with van der Waals surface area (Å²) in [6, 6.07) is 11.7. The number of imidazole rings is 1. The molecule has 96 valence electrons. The number of thiazole rings is 1. The molecule has 20 heavy (non-hydrogen) atoms. The molecule has 4 rings (SSSR count). The summed E-state index contributed by atoms with van der Waals surface area (Å²) >= 11 is 1.47. The van der Waals surface area contributed by atoms with Crippen LogP contribution in [0.25, 0.3) is 22.1 Å². The number of hydrogen-bond donors (Lipinski definition) is 0. The van der Waals surface area contributed by atoms with Gasteiger partial charge in [0.05, 0.1) is 0 Å². The van der Waals surface area contributed by atoms with Gasteiger partial charge in [0.2, 0.25) is 0 Å². The summed E-state index contributed by atoms with van der Waals surface area (Å²) in [5, 5.41) is 0. The van der Waals surface area contributed by atoms with E-state index in [0.29, 0.717) is 0 Å². The first-order valence-electron chi connectivity index (χ1n) is 6.26. The van der Waals surface area contributed by atoms with Gasteiger partial charge in [-0.3, -0.25) is 0 Å². The van der Waals surface area contributed by atoms with E-state index in [0.717, 1.165) is 26.1 Å². The second-order valence-corrected chi connectivity index (χ2v) is 5.57. The molecule has 0 spiro atoms. The predicted octanol–water partition coefficient (Wildman–Crippen LogP) is 0.690. The molecular weight excluding hydrogens is 270 g/mol. The number of aromatic nitrogens is 3. The third-order valence-corrected chi connectivity index (χ3v) is 4.23. The Labute approximate surface area is 117 Å². The zero-order valence-electron chi connectivity index (χ0n) is 10.5. The van der Waals surface area contributed by atoms with Crippen molar-refractivity contribution in [1.82, 2.24) is 4.40 Å². The van der Waals surface area contributed by atoms with Gasteiger partial charge in [-0.05, 0) is 35.6 Å². The number of benzene rings is 1. The average molecular weight is 281 g/mol. The molecular formula is C15H11N3OS+2. The number of pyridine rings is 1. The minimum Gasteiger partial charge on any atom is -0.239 e. The van der Waals surface area contributed by atoms with Gasteiger partial charge in [-0.25, -0.2) is 14.8 Å². The molecule has 3 aromatic heterocycles. The van der Waals surface area contributed by atoms with Gasteiger partial charge in [-0.2, -0.15) is 0 Å². The molecule has 0 amide bonds. The zero-order chi connectivity index (χ0) is 13.5. The number of nitrogens with zero attached hydrogens (tertiary/aromatic N) is 1. The Morgan fingerprint density at radius 2 is 2.05 bits per heavy atom. The second kappa shape index (κ2) is 4.25. The van der Waals surface area contributed by atoms with Gasteiger partial charge in [0, 0.05) is 11.6 Å². The third-order valence-electron chi connectivity index (χ3n) is 3.24. The summed E-state index contributed by atoms with van der Waals surface area (Å²) in [6.07, 6.45) is 5.62. The number of rotatable bonds is 1. The SMILES string of the molecule is O=c1c(=Cc2ccc[nH+]c2)sc2[nH+]c3ccccc3n12. The van der Waals surface area contributed by atoms with Crippen LogP contribution in [-0.2, 0) is 0 Å². The Balaban J connectivity index is 2.06. The van der Waals surface area contributed by atoms with Gasteiger partial charge in [-0.1, -0.05) is 12.1 Å². The Hall–Kier alpha value is -2.53. The first-order valence-corrected chi connectivity index (χ1v) is 7.08. The highest BCUT2D eigenvalue weighted by Crippen LogP contribution is 2.11. The van der Waals surface area contributed by atoms with Crippen molar-refractivity contribution in [3.8, 4) is 0 Å². The van der Waals surface area contributed by atoms with Gasteiger partial charge in [0.1, 0.15) is 4.53 Å². The van der Waals surface area contributed by atoms with Gasteiger partial charge >= 0.3 is 10.5 Å². The minimum absolute atomic E-state index is 0.0197. The second-order valence-electron chi connectivity index (χ2n) is 4.54. The number of hydrogen-bond acceptors (Lipinski definition) is 2. The van der Waals surface area contributed by atoms with E-state index in [1.54, 1.807) is 4.40 Å².